The van der Waals surface area contributed by atoms with Crippen molar-refractivity contribution in [2.24, 2.45) is 0 Å². The Morgan fingerprint density at radius 1 is 0.878 bits per heavy atom. The van der Waals surface area contributed by atoms with Gasteiger partial charge in [0.2, 0.25) is 21.8 Å². The summed E-state index contributed by atoms with van der Waals surface area (Å²) in [6.45, 7) is -0.289. The molecule has 1 fully saturated rings. The van der Waals surface area contributed by atoms with Crippen LogP contribution in [0.15, 0.2) is 87.8 Å². The minimum Gasteiger partial charge on any atom is -0.352 e. The number of hydrogen-bond acceptors (Lipinski definition) is 4. The highest BCUT2D eigenvalue weighted by molar-refractivity contribution is 9.10. The molecule has 3 aromatic rings. The molecule has 10 heteroatoms. The SMILES string of the molecule is CS(=O)(=O)N(CC(=O)N(Cc1cccc(Br)c1)[C@@H](Cc1ccccc1)C(=O)NC1CCCCC1)c1ccc(Br)cc1. The normalized spacial score (nSPS) is 14.7. The third-order valence-corrected chi connectivity index (χ3v) is 9.42. The van der Waals surface area contributed by atoms with Crippen LogP contribution in [0.4, 0.5) is 5.69 Å². The molecule has 1 saturated carbocycles. The van der Waals surface area contributed by atoms with Crippen LogP contribution in [0.2, 0.25) is 0 Å². The first-order valence-corrected chi connectivity index (χ1v) is 17.1. The molecule has 0 saturated heterocycles. The number of nitrogens with one attached hydrogen (secondary N) is 1. The number of hydrogen-bond donors (Lipinski definition) is 1. The molecule has 0 aliphatic heterocycles. The zero-order valence-electron chi connectivity index (χ0n) is 23.0. The fourth-order valence-corrected chi connectivity index (χ4v) is 6.71. The van der Waals surface area contributed by atoms with Gasteiger partial charge in [0.1, 0.15) is 12.6 Å². The number of carbonyl (C=O) groups excluding carboxylic acids is 2. The van der Waals surface area contributed by atoms with E-state index in [4.69, 9.17) is 0 Å². The van der Waals surface area contributed by atoms with Crippen LogP contribution in [0.5, 0.6) is 0 Å². The molecule has 0 bridgehead atoms. The minimum atomic E-state index is -3.80. The third kappa shape index (κ3) is 9.15. The number of benzene rings is 3. The van der Waals surface area contributed by atoms with Gasteiger partial charge in [0.05, 0.1) is 11.9 Å². The van der Waals surface area contributed by atoms with Gasteiger partial charge in [-0.1, -0.05) is 93.6 Å². The molecule has 0 heterocycles. The lowest BCUT2D eigenvalue weighted by atomic mass is 9.94. The van der Waals surface area contributed by atoms with Crippen molar-refractivity contribution < 1.29 is 18.0 Å². The lowest BCUT2D eigenvalue weighted by molar-refractivity contribution is -0.140. The summed E-state index contributed by atoms with van der Waals surface area (Å²) < 4.78 is 28.5. The van der Waals surface area contributed by atoms with Gasteiger partial charge in [0, 0.05) is 28.0 Å². The molecule has 218 valence electrons. The summed E-state index contributed by atoms with van der Waals surface area (Å²) in [5, 5.41) is 3.21. The van der Waals surface area contributed by atoms with Crippen LogP contribution >= 0.6 is 31.9 Å². The Kier molecular flexibility index (Phi) is 11.0. The van der Waals surface area contributed by atoms with Crippen molar-refractivity contribution in [1.82, 2.24) is 10.2 Å². The molecule has 0 unspecified atom stereocenters. The summed E-state index contributed by atoms with van der Waals surface area (Å²) in [4.78, 5) is 29.7. The highest BCUT2D eigenvalue weighted by Gasteiger charge is 2.34. The molecule has 1 aliphatic carbocycles. The van der Waals surface area contributed by atoms with Crippen molar-refractivity contribution in [3.63, 3.8) is 0 Å². The molecule has 2 amide bonds. The first kappa shape index (κ1) is 31.3. The summed E-state index contributed by atoms with van der Waals surface area (Å²) in [7, 11) is -3.80. The molecule has 1 aliphatic rings. The molecule has 4 rings (SSSR count). The van der Waals surface area contributed by atoms with Crippen LogP contribution in [0.3, 0.4) is 0 Å². The van der Waals surface area contributed by atoms with Gasteiger partial charge >= 0.3 is 0 Å². The monoisotopic (exact) mass is 703 g/mol. The minimum absolute atomic E-state index is 0.0626. The molecule has 1 N–H and O–H groups in total. The summed E-state index contributed by atoms with van der Waals surface area (Å²) >= 11 is 6.88. The number of carbonyl (C=O) groups is 2. The fraction of sp³-hybridized carbons (Fsp3) is 0.355. The van der Waals surface area contributed by atoms with E-state index >= 15 is 0 Å². The number of sulfonamides is 1. The predicted molar refractivity (Wildman–Crippen MR) is 170 cm³/mol. The maximum absolute atomic E-state index is 14.2. The highest BCUT2D eigenvalue weighted by Crippen LogP contribution is 2.24. The van der Waals surface area contributed by atoms with Crippen LogP contribution in [0.25, 0.3) is 0 Å². The molecule has 7 nitrogen and oxygen atoms in total. The van der Waals surface area contributed by atoms with Gasteiger partial charge < -0.3 is 10.2 Å². The van der Waals surface area contributed by atoms with E-state index in [-0.39, 0.29) is 18.5 Å². The molecule has 3 aromatic carbocycles. The molecule has 41 heavy (non-hydrogen) atoms. The standard InChI is InChI=1S/C31H35Br2N3O4S/c1-41(39,40)36(28-17-15-25(32)16-18-28)22-30(37)35(21-24-11-8-12-26(33)19-24)29(20-23-9-4-2-5-10-23)31(38)34-27-13-6-3-7-14-27/h2,4-5,8-12,15-19,27,29H,3,6-7,13-14,20-22H2,1H3,(H,34,38)/t29-/m0/s1. The number of anilines is 1. The van der Waals surface area contributed by atoms with E-state index in [9.17, 15) is 18.0 Å². The Bertz CT molecular complexity index is 1430. The second-order valence-corrected chi connectivity index (χ2v) is 14.2. The summed E-state index contributed by atoms with van der Waals surface area (Å²) in [5.74, 6) is -0.684. The quantitative estimate of drug-likeness (QED) is 0.263. The zero-order valence-corrected chi connectivity index (χ0v) is 27.0. The number of halogens is 2. The van der Waals surface area contributed by atoms with Crippen LogP contribution in [0, 0.1) is 0 Å². The number of rotatable bonds is 11. The van der Waals surface area contributed by atoms with Crippen molar-refractivity contribution in [1.29, 1.82) is 0 Å². The Hall–Kier alpha value is -2.69. The maximum Gasteiger partial charge on any atom is 0.244 e. The first-order chi connectivity index (χ1) is 19.6. The number of nitrogens with zero attached hydrogens (tertiary/aromatic N) is 2. The second kappa shape index (κ2) is 14.5. The first-order valence-electron chi connectivity index (χ1n) is 13.7. The third-order valence-electron chi connectivity index (χ3n) is 7.26. The highest BCUT2D eigenvalue weighted by atomic mass is 79.9. The summed E-state index contributed by atoms with van der Waals surface area (Å²) in [5.41, 5.74) is 2.11. The average molecular weight is 706 g/mol. The van der Waals surface area contributed by atoms with Crippen molar-refractivity contribution in [2.75, 3.05) is 17.1 Å². The van der Waals surface area contributed by atoms with Gasteiger partial charge in [0.25, 0.3) is 0 Å². The van der Waals surface area contributed by atoms with Crippen LogP contribution in [-0.4, -0.2) is 50.0 Å². The lowest BCUT2D eigenvalue weighted by Crippen LogP contribution is -2.55. The molecule has 0 aromatic heterocycles. The lowest BCUT2D eigenvalue weighted by Gasteiger charge is -2.35. The van der Waals surface area contributed by atoms with Gasteiger partial charge in [-0.05, 0) is 60.4 Å². The smallest absolute Gasteiger partial charge is 0.244 e. The van der Waals surface area contributed by atoms with Crippen molar-refractivity contribution >= 4 is 59.4 Å². The zero-order chi connectivity index (χ0) is 29.4. The molecule has 1 atom stereocenters. The van der Waals surface area contributed by atoms with Crippen molar-refractivity contribution in [3.05, 3.63) is 98.9 Å². The summed E-state index contributed by atoms with van der Waals surface area (Å²) in [6, 6.07) is 23.2. The summed E-state index contributed by atoms with van der Waals surface area (Å²) in [6.07, 6.45) is 6.49. The molecular formula is C31H35Br2N3O4S. The van der Waals surface area contributed by atoms with Gasteiger partial charge in [-0.25, -0.2) is 8.42 Å². The second-order valence-electron chi connectivity index (χ2n) is 10.4. The van der Waals surface area contributed by atoms with Crippen LogP contribution in [-0.2, 0) is 32.6 Å². The average Bonchev–Trinajstić information content (AvgIpc) is 2.94. The van der Waals surface area contributed by atoms with E-state index in [1.54, 1.807) is 24.3 Å². The Labute approximate surface area is 259 Å². The van der Waals surface area contributed by atoms with E-state index in [1.165, 1.54) is 4.90 Å². The Morgan fingerprint density at radius 3 is 2.17 bits per heavy atom. The van der Waals surface area contributed by atoms with Crippen LogP contribution < -0.4 is 9.62 Å². The van der Waals surface area contributed by atoms with Gasteiger partial charge in [-0.3, -0.25) is 13.9 Å². The Balaban J connectivity index is 1.71. The van der Waals surface area contributed by atoms with Crippen molar-refractivity contribution in [3.8, 4) is 0 Å². The van der Waals surface area contributed by atoms with Gasteiger partial charge in [-0.15, -0.1) is 0 Å². The van der Waals surface area contributed by atoms with E-state index in [1.807, 2.05) is 54.6 Å². The van der Waals surface area contributed by atoms with Gasteiger partial charge in [-0.2, -0.15) is 0 Å². The van der Waals surface area contributed by atoms with E-state index < -0.39 is 28.5 Å². The van der Waals surface area contributed by atoms with E-state index in [2.05, 4.69) is 37.2 Å². The largest absolute Gasteiger partial charge is 0.352 e. The fourth-order valence-electron chi connectivity index (χ4n) is 5.15. The number of amides is 2. The van der Waals surface area contributed by atoms with Gasteiger partial charge in [0.15, 0.2) is 0 Å². The van der Waals surface area contributed by atoms with E-state index in [0.717, 1.165) is 62.7 Å². The van der Waals surface area contributed by atoms with Crippen molar-refractivity contribution in [2.45, 2.75) is 57.2 Å². The molecule has 0 radical (unpaired) electrons. The van der Waals surface area contributed by atoms with Crippen LogP contribution in [0.1, 0.15) is 43.2 Å². The Morgan fingerprint density at radius 2 is 1.54 bits per heavy atom. The predicted octanol–water partition coefficient (Wildman–Crippen LogP) is 6.07. The topological polar surface area (TPSA) is 86.8 Å². The molecular weight excluding hydrogens is 670 g/mol. The van der Waals surface area contributed by atoms with E-state index in [0.29, 0.717) is 12.1 Å². The molecule has 0 spiro atoms. The maximum atomic E-state index is 14.2.